The van der Waals surface area contributed by atoms with E-state index in [2.05, 4.69) is 0 Å². The predicted molar refractivity (Wildman–Crippen MR) is 115 cm³/mol. The molecule has 0 bridgehead atoms. The van der Waals surface area contributed by atoms with Gasteiger partial charge in [0.2, 0.25) is 0 Å². The lowest BCUT2D eigenvalue weighted by atomic mass is 9.90. The monoisotopic (exact) mass is 405 g/mol. The maximum Gasteiger partial charge on any atom is 0.295 e. The normalized spacial score (nSPS) is 21.8. The maximum absolute atomic E-state index is 13.2. The molecule has 5 heteroatoms. The molecule has 1 saturated heterocycles. The molecule has 5 nitrogen and oxygen atoms in total. The number of carbonyl (C=O) groups is 2. The van der Waals surface area contributed by atoms with Crippen molar-refractivity contribution >= 4 is 17.4 Å². The lowest BCUT2D eigenvalue weighted by Gasteiger charge is -2.35. The molecule has 1 unspecified atom stereocenters. The number of Topliss-reactive ketones (excluding diaryl/α,β-unsaturated/α-hetero) is 1. The van der Waals surface area contributed by atoms with Crippen LogP contribution in [0.2, 0.25) is 0 Å². The van der Waals surface area contributed by atoms with E-state index in [0.29, 0.717) is 11.3 Å². The SMILES string of the molecule is COc1ccccc1/C(O)=C1/C(=O)C(=O)N(C2CCCCC2)C1c1cccc(C)c1. The molecule has 1 heterocycles. The van der Waals surface area contributed by atoms with Crippen LogP contribution in [0.15, 0.2) is 54.1 Å². The summed E-state index contributed by atoms with van der Waals surface area (Å²) in [5, 5.41) is 11.2. The molecule has 2 fully saturated rings. The van der Waals surface area contributed by atoms with Gasteiger partial charge in [-0.15, -0.1) is 0 Å². The number of ketones is 1. The summed E-state index contributed by atoms with van der Waals surface area (Å²) in [6, 6.07) is 14.2. The molecule has 2 aromatic carbocycles. The Morgan fingerprint density at radius 3 is 2.47 bits per heavy atom. The van der Waals surface area contributed by atoms with Gasteiger partial charge in [-0.3, -0.25) is 9.59 Å². The molecule has 156 valence electrons. The standard InChI is InChI=1S/C25H27NO4/c1-16-9-8-10-17(15-16)22-21(23(27)19-13-6-7-14-20(19)30-2)24(28)25(29)26(22)18-11-4-3-5-12-18/h6-10,13-15,18,22,27H,3-5,11-12H2,1-2H3/b23-21-. The van der Waals surface area contributed by atoms with Gasteiger partial charge in [0.25, 0.3) is 11.7 Å². The molecule has 1 amide bonds. The molecular weight excluding hydrogens is 378 g/mol. The highest BCUT2D eigenvalue weighted by Crippen LogP contribution is 2.44. The Balaban J connectivity index is 1.91. The average Bonchev–Trinajstić information content (AvgIpc) is 3.04. The number of para-hydroxylation sites is 1. The van der Waals surface area contributed by atoms with Gasteiger partial charge in [-0.25, -0.2) is 0 Å². The minimum atomic E-state index is -0.629. The summed E-state index contributed by atoms with van der Waals surface area (Å²) < 4.78 is 5.39. The third kappa shape index (κ3) is 3.49. The number of carbonyl (C=O) groups excluding carboxylic acids is 2. The number of hydrogen-bond acceptors (Lipinski definition) is 4. The zero-order valence-corrected chi connectivity index (χ0v) is 17.4. The number of hydrogen-bond donors (Lipinski definition) is 1. The highest BCUT2D eigenvalue weighted by molar-refractivity contribution is 6.46. The number of nitrogens with zero attached hydrogens (tertiary/aromatic N) is 1. The van der Waals surface area contributed by atoms with E-state index in [1.807, 2.05) is 31.2 Å². The van der Waals surface area contributed by atoms with E-state index in [-0.39, 0.29) is 17.4 Å². The summed E-state index contributed by atoms with van der Waals surface area (Å²) in [7, 11) is 1.52. The minimum absolute atomic E-state index is 0.00341. The number of methoxy groups -OCH3 is 1. The Labute approximate surface area is 177 Å². The highest BCUT2D eigenvalue weighted by atomic mass is 16.5. The summed E-state index contributed by atoms with van der Waals surface area (Å²) in [5.41, 5.74) is 2.44. The van der Waals surface area contributed by atoms with Gasteiger partial charge in [0.05, 0.1) is 24.3 Å². The van der Waals surface area contributed by atoms with Crippen molar-refractivity contribution in [2.45, 2.75) is 51.1 Å². The van der Waals surface area contributed by atoms with Gasteiger partial charge in [0.1, 0.15) is 11.5 Å². The van der Waals surface area contributed by atoms with Gasteiger partial charge < -0.3 is 14.7 Å². The Bertz CT molecular complexity index is 1000. The van der Waals surface area contributed by atoms with E-state index >= 15 is 0 Å². The van der Waals surface area contributed by atoms with E-state index in [0.717, 1.165) is 43.2 Å². The van der Waals surface area contributed by atoms with Crippen molar-refractivity contribution in [3.05, 3.63) is 70.8 Å². The fraction of sp³-hybridized carbons (Fsp3) is 0.360. The molecule has 30 heavy (non-hydrogen) atoms. The Morgan fingerprint density at radius 2 is 1.77 bits per heavy atom. The number of ether oxygens (including phenoxy) is 1. The van der Waals surface area contributed by atoms with Crippen molar-refractivity contribution in [1.82, 2.24) is 4.90 Å². The van der Waals surface area contributed by atoms with Crippen molar-refractivity contribution in [2.24, 2.45) is 0 Å². The van der Waals surface area contributed by atoms with Crippen LogP contribution in [0, 0.1) is 6.92 Å². The maximum atomic E-state index is 13.2. The van der Waals surface area contributed by atoms with Crippen LogP contribution in [0.5, 0.6) is 5.75 Å². The smallest absolute Gasteiger partial charge is 0.295 e. The fourth-order valence-electron chi connectivity index (χ4n) is 4.74. The molecule has 1 aliphatic heterocycles. The number of aliphatic hydroxyl groups excluding tert-OH is 1. The molecule has 0 spiro atoms. The Morgan fingerprint density at radius 1 is 1.03 bits per heavy atom. The number of aliphatic hydroxyl groups is 1. The predicted octanol–water partition coefficient (Wildman–Crippen LogP) is 4.76. The van der Waals surface area contributed by atoms with Crippen LogP contribution < -0.4 is 4.74 Å². The van der Waals surface area contributed by atoms with Gasteiger partial charge >= 0.3 is 0 Å². The van der Waals surface area contributed by atoms with E-state index in [4.69, 9.17) is 4.74 Å². The van der Waals surface area contributed by atoms with Gasteiger partial charge in [0, 0.05) is 6.04 Å². The van der Waals surface area contributed by atoms with Crippen LogP contribution in [0.3, 0.4) is 0 Å². The largest absolute Gasteiger partial charge is 0.507 e. The van der Waals surface area contributed by atoms with Gasteiger partial charge in [0.15, 0.2) is 0 Å². The highest BCUT2D eigenvalue weighted by Gasteiger charge is 2.49. The third-order valence-corrected chi connectivity index (χ3v) is 6.17. The second kappa shape index (κ2) is 8.34. The Hall–Kier alpha value is -3.08. The first-order valence-electron chi connectivity index (χ1n) is 10.5. The van der Waals surface area contributed by atoms with Crippen molar-refractivity contribution < 1.29 is 19.4 Å². The molecule has 4 rings (SSSR count). The summed E-state index contributed by atoms with van der Waals surface area (Å²) in [6.07, 6.45) is 4.99. The molecule has 2 aliphatic rings. The van der Waals surface area contributed by atoms with Crippen molar-refractivity contribution in [1.29, 1.82) is 0 Å². The van der Waals surface area contributed by atoms with Crippen LogP contribution in [0.1, 0.15) is 54.8 Å². The number of benzene rings is 2. The zero-order chi connectivity index (χ0) is 21.3. The number of rotatable bonds is 4. The Kier molecular flexibility index (Phi) is 5.62. The van der Waals surface area contributed by atoms with Gasteiger partial charge in [-0.2, -0.15) is 0 Å². The van der Waals surface area contributed by atoms with E-state index in [1.54, 1.807) is 29.2 Å². The first-order valence-corrected chi connectivity index (χ1v) is 10.5. The molecule has 1 saturated carbocycles. The fourth-order valence-corrected chi connectivity index (χ4v) is 4.74. The van der Waals surface area contributed by atoms with Crippen LogP contribution in [0.25, 0.3) is 5.76 Å². The summed E-state index contributed by atoms with van der Waals surface area (Å²) in [4.78, 5) is 28.1. The summed E-state index contributed by atoms with van der Waals surface area (Å²) in [5.74, 6) is -0.877. The third-order valence-electron chi connectivity index (χ3n) is 6.17. The molecule has 0 aromatic heterocycles. The lowest BCUT2D eigenvalue weighted by Crippen LogP contribution is -2.40. The zero-order valence-electron chi connectivity index (χ0n) is 17.4. The minimum Gasteiger partial charge on any atom is -0.507 e. The van der Waals surface area contributed by atoms with Crippen LogP contribution in [-0.2, 0) is 9.59 Å². The van der Waals surface area contributed by atoms with Crippen LogP contribution >= 0.6 is 0 Å². The van der Waals surface area contributed by atoms with Crippen molar-refractivity contribution in [3.8, 4) is 5.75 Å². The molecule has 1 N–H and O–H groups in total. The van der Waals surface area contributed by atoms with Gasteiger partial charge in [-0.1, -0.05) is 61.2 Å². The lowest BCUT2D eigenvalue weighted by molar-refractivity contribution is -0.141. The molecular formula is C25H27NO4. The van der Waals surface area contributed by atoms with E-state index in [9.17, 15) is 14.7 Å². The van der Waals surface area contributed by atoms with Crippen molar-refractivity contribution in [3.63, 3.8) is 0 Å². The number of amides is 1. The van der Waals surface area contributed by atoms with Crippen molar-refractivity contribution in [2.75, 3.05) is 7.11 Å². The molecule has 1 aliphatic carbocycles. The first-order chi connectivity index (χ1) is 14.5. The van der Waals surface area contributed by atoms with E-state index < -0.39 is 17.7 Å². The molecule has 1 atom stereocenters. The number of likely N-dealkylation sites (tertiary alicyclic amines) is 1. The average molecular weight is 405 g/mol. The summed E-state index contributed by atoms with van der Waals surface area (Å²) in [6.45, 7) is 1.98. The second-order valence-electron chi connectivity index (χ2n) is 8.11. The van der Waals surface area contributed by atoms with Gasteiger partial charge in [-0.05, 0) is 37.5 Å². The molecule has 2 aromatic rings. The number of aryl methyl sites for hydroxylation is 1. The van der Waals surface area contributed by atoms with Crippen LogP contribution in [-0.4, -0.2) is 34.8 Å². The van der Waals surface area contributed by atoms with E-state index in [1.165, 1.54) is 7.11 Å². The quantitative estimate of drug-likeness (QED) is 0.453. The first kappa shape index (κ1) is 20.2. The molecule has 0 radical (unpaired) electrons. The second-order valence-corrected chi connectivity index (χ2v) is 8.11. The summed E-state index contributed by atoms with van der Waals surface area (Å²) >= 11 is 0. The van der Waals surface area contributed by atoms with Crippen LogP contribution in [0.4, 0.5) is 0 Å². The topological polar surface area (TPSA) is 66.8 Å².